The molecular weight excluding hydrogens is 404 g/mol. The number of rotatable bonds is 6. The lowest BCUT2D eigenvalue weighted by atomic mass is 9.76. The van der Waals surface area contributed by atoms with Gasteiger partial charge in [-0.2, -0.15) is 0 Å². The minimum Gasteiger partial charge on any atom is -0.429 e. The van der Waals surface area contributed by atoms with Crippen molar-refractivity contribution in [1.82, 2.24) is 4.90 Å². The minimum absolute atomic E-state index is 0.0340. The Kier molecular flexibility index (Phi) is 8.52. The number of nitrogens with zero attached hydrogens (tertiary/aromatic N) is 2. The van der Waals surface area contributed by atoms with Crippen LogP contribution < -0.4 is 4.74 Å². The molecule has 32 heavy (non-hydrogen) atoms. The van der Waals surface area contributed by atoms with Crippen LogP contribution in [-0.4, -0.2) is 36.4 Å². The van der Waals surface area contributed by atoms with Crippen molar-refractivity contribution in [3.63, 3.8) is 0 Å². The summed E-state index contributed by atoms with van der Waals surface area (Å²) in [5.74, 6) is 1.60. The monoisotopic (exact) mass is 432 g/mol. The van der Waals surface area contributed by atoms with Crippen molar-refractivity contribution in [2.24, 2.45) is 5.92 Å². The van der Waals surface area contributed by atoms with Crippen LogP contribution in [-0.2, 0) is 4.79 Å². The van der Waals surface area contributed by atoms with Gasteiger partial charge < -0.3 is 9.64 Å². The van der Waals surface area contributed by atoms with E-state index in [2.05, 4.69) is 77.3 Å². The lowest BCUT2D eigenvalue weighted by Gasteiger charge is -2.35. The van der Waals surface area contributed by atoms with Crippen LogP contribution in [0, 0.1) is 16.0 Å². The first-order valence-electron chi connectivity index (χ1n) is 10.7. The highest BCUT2D eigenvalue weighted by Crippen LogP contribution is 2.37. The molecule has 0 unspecified atom stereocenters. The molecule has 1 heterocycles. The van der Waals surface area contributed by atoms with Crippen molar-refractivity contribution in [1.29, 1.82) is 0 Å². The number of likely N-dealkylation sites (tertiary alicyclic amines) is 1. The number of ether oxygens (including phenoxy) is 1. The third-order valence-electron chi connectivity index (χ3n) is 5.78. The number of hydrogen-bond acceptors (Lipinski definition) is 5. The molecule has 1 saturated heterocycles. The molecule has 3 aromatic rings. The number of benzene rings is 3. The number of hydrogen-bond donors (Lipinski definition) is 0. The number of carbonyl (C=O) groups is 1. The Bertz CT molecular complexity index is 930. The van der Waals surface area contributed by atoms with E-state index < -0.39 is 4.92 Å². The Labute approximate surface area is 188 Å². The van der Waals surface area contributed by atoms with E-state index in [0.29, 0.717) is 5.92 Å². The van der Waals surface area contributed by atoms with Crippen LogP contribution in [0.25, 0.3) is 0 Å². The Morgan fingerprint density at radius 1 is 0.906 bits per heavy atom. The first-order chi connectivity index (χ1) is 15.6. The third-order valence-corrected chi connectivity index (χ3v) is 5.78. The van der Waals surface area contributed by atoms with E-state index in [0.717, 1.165) is 5.92 Å². The van der Waals surface area contributed by atoms with Crippen LogP contribution >= 0.6 is 0 Å². The van der Waals surface area contributed by atoms with E-state index in [4.69, 9.17) is 0 Å². The van der Waals surface area contributed by atoms with Gasteiger partial charge in [-0.25, -0.2) is 0 Å². The van der Waals surface area contributed by atoms with Crippen LogP contribution in [0.4, 0.5) is 5.69 Å². The highest BCUT2D eigenvalue weighted by molar-refractivity contribution is 5.46. The Hall–Kier alpha value is -3.51. The summed E-state index contributed by atoms with van der Waals surface area (Å²) in [4.78, 5) is 21.9. The predicted octanol–water partition coefficient (Wildman–Crippen LogP) is 5.29. The fourth-order valence-electron chi connectivity index (χ4n) is 4.12. The molecule has 0 aromatic heterocycles. The van der Waals surface area contributed by atoms with Gasteiger partial charge in [0.1, 0.15) is 5.75 Å². The smallest absolute Gasteiger partial charge is 0.298 e. The summed E-state index contributed by atoms with van der Waals surface area (Å²) in [7, 11) is 2.23. The van der Waals surface area contributed by atoms with Crippen LogP contribution in [0.1, 0.15) is 29.9 Å². The molecule has 0 radical (unpaired) electrons. The molecule has 0 bridgehead atoms. The molecule has 6 heteroatoms. The molecular formula is C26H28N2O4. The fourth-order valence-corrected chi connectivity index (χ4v) is 4.12. The predicted molar refractivity (Wildman–Crippen MR) is 125 cm³/mol. The average molecular weight is 433 g/mol. The maximum Gasteiger partial charge on any atom is 0.298 e. The molecule has 3 aromatic carbocycles. The van der Waals surface area contributed by atoms with E-state index in [-0.39, 0.29) is 17.9 Å². The summed E-state index contributed by atoms with van der Waals surface area (Å²) < 4.78 is 4.44. The Morgan fingerprint density at radius 3 is 1.84 bits per heavy atom. The van der Waals surface area contributed by atoms with Crippen molar-refractivity contribution in [3.05, 3.63) is 106 Å². The summed E-state index contributed by atoms with van der Waals surface area (Å²) in [6.45, 7) is 2.71. The molecule has 1 fully saturated rings. The number of nitro benzene ring substituents is 1. The highest BCUT2D eigenvalue weighted by atomic mass is 16.6. The molecule has 1 aliphatic heterocycles. The third kappa shape index (κ3) is 6.49. The first-order valence-corrected chi connectivity index (χ1v) is 10.7. The molecule has 6 nitrogen and oxygen atoms in total. The van der Waals surface area contributed by atoms with Gasteiger partial charge in [0.05, 0.1) is 4.92 Å². The zero-order chi connectivity index (χ0) is 22.8. The van der Waals surface area contributed by atoms with Gasteiger partial charge in [0, 0.05) is 18.1 Å². The topological polar surface area (TPSA) is 72.7 Å². The van der Waals surface area contributed by atoms with E-state index in [1.807, 2.05) is 0 Å². The molecule has 0 amide bonds. The summed E-state index contributed by atoms with van der Waals surface area (Å²) in [5.41, 5.74) is 2.90. The quantitative estimate of drug-likeness (QED) is 0.301. The van der Waals surface area contributed by atoms with Crippen molar-refractivity contribution in [3.8, 4) is 5.75 Å². The lowest BCUT2D eigenvalue weighted by molar-refractivity contribution is -0.384. The highest BCUT2D eigenvalue weighted by Gasteiger charge is 2.27. The molecule has 166 valence electrons. The van der Waals surface area contributed by atoms with Gasteiger partial charge >= 0.3 is 0 Å². The number of non-ortho nitro benzene ring substituents is 1. The fraction of sp³-hybridized carbons (Fsp3) is 0.269. The van der Waals surface area contributed by atoms with Crippen molar-refractivity contribution in [2.45, 2.75) is 18.8 Å². The Balaban J connectivity index is 0.000000207. The number of piperidine rings is 1. The van der Waals surface area contributed by atoms with Crippen LogP contribution in [0.15, 0.2) is 84.9 Å². The second-order valence-electron chi connectivity index (χ2n) is 7.90. The zero-order valence-electron chi connectivity index (χ0n) is 18.2. The van der Waals surface area contributed by atoms with Crippen LogP contribution in [0.2, 0.25) is 0 Å². The molecule has 0 N–H and O–H groups in total. The van der Waals surface area contributed by atoms with Gasteiger partial charge in [0.2, 0.25) is 0 Å². The van der Waals surface area contributed by atoms with Gasteiger partial charge in [0.25, 0.3) is 12.2 Å². The minimum atomic E-state index is -0.523. The van der Waals surface area contributed by atoms with E-state index in [1.54, 1.807) is 0 Å². The largest absolute Gasteiger partial charge is 0.429 e. The van der Waals surface area contributed by atoms with Gasteiger partial charge in [-0.05, 0) is 62.2 Å². The van der Waals surface area contributed by atoms with Crippen LogP contribution in [0.5, 0.6) is 5.75 Å². The first kappa shape index (κ1) is 23.2. The SMILES string of the molecule is CN1CCC(C(c2ccccc2)c2ccccc2)CC1.O=COc1ccc([N+](=O)[O-])cc1. The van der Waals surface area contributed by atoms with E-state index >= 15 is 0 Å². The van der Waals surface area contributed by atoms with Gasteiger partial charge in [-0.3, -0.25) is 14.9 Å². The molecule has 1 aliphatic rings. The van der Waals surface area contributed by atoms with Crippen molar-refractivity contribution >= 4 is 12.2 Å². The van der Waals surface area contributed by atoms with Gasteiger partial charge in [0.15, 0.2) is 0 Å². The summed E-state index contributed by atoms with van der Waals surface area (Å²) in [6.07, 6.45) is 2.59. The summed E-state index contributed by atoms with van der Waals surface area (Å²) in [6, 6.07) is 27.3. The van der Waals surface area contributed by atoms with Gasteiger partial charge in [-0.1, -0.05) is 60.7 Å². The van der Waals surface area contributed by atoms with E-state index in [9.17, 15) is 14.9 Å². The second kappa shape index (κ2) is 11.8. The molecule has 4 rings (SSSR count). The lowest BCUT2D eigenvalue weighted by Crippen LogP contribution is -2.33. The van der Waals surface area contributed by atoms with Crippen LogP contribution in [0.3, 0.4) is 0 Å². The normalized spacial score (nSPS) is 14.3. The van der Waals surface area contributed by atoms with E-state index in [1.165, 1.54) is 61.3 Å². The summed E-state index contributed by atoms with van der Waals surface area (Å²) in [5, 5.41) is 10.2. The average Bonchev–Trinajstić information content (AvgIpc) is 2.83. The second-order valence-corrected chi connectivity index (χ2v) is 7.90. The van der Waals surface area contributed by atoms with Crippen molar-refractivity contribution < 1.29 is 14.5 Å². The maximum atomic E-state index is 10.2. The molecule has 0 spiro atoms. The number of nitro groups is 1. The Morgan fingerprint density at radius 2 is 1.41 bits per heavy atom. The van der Waals surface area contributed by atoms with Crippen molar-refractivity contribution in [2.75, 3.05) is 20.1 Å². The van der Waals surface area contributed by atoms with Gasteiger partial charge in [-0.15, -0.1) is 0 Å². The molecule has 0 atom stereocenters. The number of carbonyl (C=O) groups excluding carboxylic acids is 1. The summed E-state index contributed by atoms with van der Waals surface area (Å²) >= 11 is 0. The maximum absolute atomic E-state index is 10.2. The standard InChI is InChI=1S/C19H23N.C7H5NO4/c1-20-14-12-18(13-15-20)19(16-8-4-2-5-9-16)17-10-6-3-7-11-17;9-5-12-7-3-1-6(2-4-7)8(10)11/h2-11,18-19H,12-15H2,1H3;1-5H. The molecule has 0 aliphatic carbocycles. The molecule has 0 saturated carbocycles. The zero-order valence-corrected chi connectivity index (χ0v) is 18.2.